The molecule has 4 aromatic carbocycles. The van der Waals surface area contributed by atoms with Crippen molar-refractivity contribution in [2.45, 2.75) is 32.9 Å². The smallest absolute Gasteiger partial charge is 0.157 e. The van der Waals surface area contributed by atoms with Gasteiger partial charge in [0.05, 0.1) is 45.1 Å². The van der Waals surface area contributed by atoms with Crippen molar-refractivity contribution in [3.8, 4) is 17.2 Å². The molecule has 8 aromatic rings. The number of rotatable bonds is 8. The molecule has 1 aliphatic rings. The predicted molar refractivity (Wildman–Crippen MR) is 230 cm³/mol. The molecule has 12 nitrogen and oxygen atoms in total. The van der Waals surface area contributed by atoms with Gasteiger partial charge in [0.2, 0.25) is 0 Å². The number of nitrogens with zero attached hydrogens (tertiary/aromatic N) is 7. The van der Waals surface area contributed by atoms with Gasteiger partial charge in [-0.3, -0.25) is 14.7 Å². The number of methoxy groups -OCH3 is 3. The number of pyridine rings is 2. The molecule has 0 saturated carbocycles. The number of H-pyrrole nitrogens is 1. The monoisotopic (exact) mass is 783 g/mol. The first-order valence-electron chi connectivity index (χ1n) is 18.9. The van der Waals surface area contributed by atoms with Crippen molar-refractivity contribution in [2.24, 2.45) is 0 Å². The van der Waals surface area contributed by atoms with Crippen molar-refractivity contribution < 1.29 is 14.2 Å². The van der Waals surface area contributed by atoms with E-state index in [1.54, 1.807) is 21.3 Å². The summed E-state index contributed by atoms with van der Waals surface area (Å²) in [4.78, 5) is 14.3. The topological polar surface area (TPSA) is 118 Å². The molecule has 5 heterocycles. The normalized spacial score (nSPS) is 13.6. The highest BCUT2D eigenvalue weighted by Crippen LogP contribution is 2.33. The van der Waals surface area contributed by atoms with E-state index in [0.717, 1.165) is 98.6 Å². The number of hydrogen-bond donors (Lipinski definition) is 2. The SMILES string of the molecule is COc1ccc(Cn2cc3c(n2)c(Cl)nc2ccc(OC)cc23)cc1.COc1ccc2nc(Nc3ccc(N4CCN(C(C)(C)C)CC4)cc3)c3[nH]ncc3c2c1. The Hall–Kier alpha value is -6.11. The number of aromatic nitrogens is 6. The van der Waals surface area contributed by atoms with E-state index in [4.69, 9.17) is 30.8 Å². The standard InChI is InChI=1S/C25H30N6O.C19H16ClN3O2/c1-25(2,3)31-13-11-30(12-14-31)18-7-5-17(6-8-18)27-24-23-21(16-26-29-23)20-15-19(32-4)9-10-22(20)28-24;1-24-13-5-3-12(4-6-13)10-23-11-16-15-9-14(25-2)7-8-17(15)21-19(20)18(16)22-23/h5-10,15-16H,11-14H2,1-4H3,(H,26,29)(H,27,28);3-9,11H,10H2,1-2H3. The third-order valence-electron chi connectivity index (χ3n) is 10.5. The highest BCUT2D eigenvalue weighted by molar-refractivity contribution is 6.35. The van der Waals surface area contributed by atoms with Gasteiger partial charge < -0.3 is 24.4 Å². The summed E-state index contributed by atoms with van der Waals surface area (Å²) < 4.78 is 17.8. The van der Waals surface area contributed by atoms with E-state index in [-0.39, 0.29) is 5.54 Å². The average molecular weight is 784 g/mol. The molecule has 13 heteroatoms. The van der Waals surface area contributed by atoms with Gasteiger partial charge in [-0.15, -0.1) is 0 Å². The summed E-state index contributed by atoms with van der Waals surface area (Å²) in [6.07, 6.45) is 3.83. The zero-order valence-corrected chi connectivity index (χ0v) is 33.8. The molecule has 0 bridgehead atoms. The van der Waals surface area contributed by atoms with Crippen molar-refractivity contribution in [2.75, 3.05) is 57.7 Å². The summed E-state index contributed by atoms with van der Waals surface area (Å²) in [6.45, 7) is 11.8. The first-order chi connectivity index (χ1) is 27.6. The number of aromatic amines is 1. The molecule has 2 N–H and O–H groups in total. The first-order valence-corrected chi connectivity index (χ1v) is 19.3. The van der Waals surface area contributed by atoms with Crippen LogP contribution in [0.2, 0.25) is 5.15 Å². The molecular formula is C44H46ClN9O3. The quantitative estimate of drug-likeness (QED) is 0.145. The number of ether oxygens (including phenoxy) is 3. The van der Waals surface area contributed by atoms with Crippen LogP contribution in [0.4, 0.5) is 17.2 Å². The number of nitrogens with one attached hydrogen (secondary N) is 2. The van der Waals surface area contributed by atoms with Crippen LogP contribution in [0.15, 0.2) is 97.3 Å². The Bertz CT molecular complexity index is 2660. The van der Waals surface area contributed by atoms with E-state index in [2.05, 4.69) is 80.4 Å². The van der Waals surface area contributed by atoms with Gasteiger partial charge in [-0.05, 0) is 99.1 Å². The molecule has 1 fully saturated rings. The maximum atomic E-state index is 6.33. The summed E-state index contributed by atoms with van der Waals surface area (Å²) in [5, 5.41) is 19.8. The number of halogens is 1. The van der Waals surface area contributed by atoms with Gasteiger partial charge in [-0.1, -0.05) is 23.7 Å². The van der Waals surface area contributed by atoms with Crippen LogP contribution in [0, 0.1) is 0 Å². The van der Waals surface area contributed by atoms with Gasteiger partial charge in [0.25, 0.3) is 0 Å². The minimum Gasteiger partial charge on any atom is -0.497 e. The number of anilines is 3. The Kier molecular flexibility index (Phi) is 10.5. The molecule has 1 saturated heterocycles. The van der Waals surface area contributed by atoms with Crippen LogP contribution in [-0.2, 0) is 6.54 Å². The van der Waals surface area contributed by atoms with Crippen LogP contribution in [0.5, 0.6) is 17.2 Å². The zero-order valence-electron chi connectivity index (χ0n) is 33.0. The summed E-state index contributed by atoms with van der Waals surface area (Å²) in [5.74, 6) is 3.18. The maximum absolute atomic E-state index is 6.33. The molecule has 57 heavy (non-hydrogen) atoms. The third kappa shape index (κ3) is 7.96. The molecule has 292 valence electrons. The fourth-order valence-electron chi connectivity index (χ4n) is 7.30. The van der Waals surface area contributed by atoms with Crippen molar-refractivity contribution in [3.63, 3.8) is 0 Å². The predicted octanol–water partition coefficient (Wildman–Crippen LogP) is 9.09. The second-order valence-electron chi connectivity index (χ2n) is 15.0. The molecule has 1 aliphatic heterocycles. The lowest BCUT2D eigenvalue weighted by Gasteiger charge is -2.43. The molecule has 0 radical (unpaired) electrons. The molecular weight excluding hydrogens is 738 g/mol. The Balaban J connectivity index is 0.000000165. The van der Waals surface area contributed by atoms with Crippen molar-refractivity contribution in [3.05, 3.63) is 108 Å². The molecule has 0 amide bonds. The van der Waals surface area contributed by atoms with E-state index < -0.39 is 0 Å². The Morgan fingerprint density at radius 1 is 0.719 bits per heavy atom. The van der Waals surface area contributed by atoms with E-state index in [1.165, 1.54) is 5.69 Å². The second kappa shape index (κ2) is 15.8. The number of fused-ring (bicyclic) bond motifs is 6. The number of benzene rings is 4. The fraction of sp³-hybridized carbons (Fsp3) is 0.273. The molecule has 9 rings (SSSR count). The molecule has 0 atom stereocenters. The summed E-state index contributed by atoms with van der Waals surface area (Å²) in [6, 6.07) is 28.2. The second-order valence-corrected chi connectivity index (χ2v) is 15.4. The first kappa shape index (κ1) is 37.8. The molecule has 0 unspecified atom stereocenters. The van der Waals surface area contributed by atoms with E-state index >= 15 is 0 Å². The lowest BCUT2D eigenvalue weighted by Crippen LogP contribution is -2.53. The van der Waals surface area contributed by atoms with Crippen LogP contribution in [0.3, 0.4) is 0 Å². The van der Waals surface area contributed by atoms with Crippen molar-refractivity contribution >= 4 is 72.4 Å². The van der Waals surface area contributed by atoms with E-state index in [9.17, 15) is 0 Å². The summed E-state index contributed by atoms with van der Waals surface area (Å²) >= 11 is 6.33. The zero-order chi connectivity index (χ0) is 39.7. The van der Waals surface area contributed by atoms with Crippen molar-refractivity contribution in [1.29, 1.82) is 0 Å². The van der Waals surface area contributed by atoms with Crippen LogP contribution in [0.1, 0.15) is 26.3 Å². The van der Waals surface area contributed by atoms with Gasteiger partial charge in [0, 0.05) is 70.8 Å². The van der Waals surface area contributed by atoms with E-state index in [0.29, 0.717) is 17.2 Å². The summed E-state index contributed by atoms with van der Waals surface area (Å²) in [5.41, 5.74) is 6.91. The fourth-order valence-corrected chi connectivity index (χ4v) is 7.54. The highest BCUT2D eigenvalue weighted by atomic mass is 35.5. The average Bonchev–Trinajstić information content (AvgIpc) is 3.91. The highest BCUT2D eigenvalue weighted by Gasteiger charge is 2.26. The van der Waals surface area contributed by atoms with Crippen LogP contribution in [-0.4, -0.2) is 87.9 Å². The molecule has 0 spiro atoms. The minimum absolute atomic E-state index is 0.232. The third-order valence-corrected chi connectivity index (χ3v) is 10.8. The Labute approximate surface area is 336 Å². The molecule has 4 aromatic heterocycles. The lowest BCUT2D eigenvalue weighted by atomic mass is 10.0. The molecule has 0 aliphatic carbocycles. The van der Waals surface area contributed by atoms with Gasteiger partial charge in [0.1, 0.15) is 28.3 Å². The van der Waals surface area contributed by atoms with Crippen LogP contribution >= 0.6 is 11.6 Å². The van der Waals surface area contributed by atoms with E-state index in [1.807, 2.05) is 77.7 Å². The van der Waals surface area contributed by atoms with Gasteiger partial charge >= 0.3 is 0 Å². The Morgan fingerprint density at radius 2 is 1.33 bits per heavy atom. The number of piperazine rings is 1. The Morgan fingerprint density at radius 3 is 1.96 bits per heavy atom. The van der Waals surface area contributed by atoms with Crippen LogP contribution < -0.4 is 24.4 Å². The van der Waals surface area contributed by atoms with Gasteiger partial charge in [-0.25, -0.2) is 9.97 Å². The van der Waals surface area contributed by atoms with Gasteiger partial charge in [0.15, 0.2) is 11.0 Å². The minimum atomic E-state index is 0.232. The largest absolute Gasteiger partial charge is 0.497 e. The summed E-state index contributed by atoms with van der Waals surface area (Å²) in [7, 11) is 4.98. The van der Waals surface area contributed by atoms with Gasteiger partial charge in [-0.2, -0.15) is 10.2 Å². The maximum Gasteiger partial charge on any atom is 0.157 e. The lowest BCUT2D eigenvalue weighted by molar-refractivity contribution is 0.128. The number of hydrogen-bond acceptors (Lipinski definition) is 10. The van der Waals surface area contributed by atoms with Crippen LogP contribution in [0.25, 0.3) is 43.6 Å². The van der Waals surface area contributed by atoms with Crippen molar-refractivity contribution in [1.82, 2.24) is 34.8 Å².